The number of hydrogen-bond donors (Lipinski definition) is 2. The lowest BCUT2D eigenvalue weighted by Gasteiger charge is -2.39. The van der Waals surface area contributed by atoms with E-state index < -0.39 is 5.97 Å². The quantitative estimate of drug-likeness (QED) is 0.741. The van der Waals surface area contributed by atoms with Crippen LogP contribution in [-0.2, 0) is 4.79 Å². The molecule has 2 aliphatic rings. The van der Waals surface area contributed by atoms with E-state index in [2.05, 4.69) is 4.90 Å². The van der Waals surface area contributed by atoms with Crippen molar-refractivity contribution in [3.63, 3.8) is 0 Å². The van der Waals surface area contributed by atoms with Crippen LogP contribution in [0.3, 0.4) is 0 Å². The number of aliphatic carboxylic acids is 1. The molecule has 0 aromatic heterocycles. The topological polar surface area (TPSA) is 84.3 Å². The Morgan fingerprint density at radius 2 is 1.81 bits per heavy atom. The molecule has 2 amide bonds. The predicted octanol–water partition coefficient (Wildman–Crippen LogP) is -0.0986. The lowest BCUT2D eigenvalue weighted by Crippen LogP contribution is -2.53. The van der Waals surface area contributed by atoms with Crippen molar-refractivity contribution in [1.82, 2.24) is 14.7 Å². The Hall–Kier alpha value is -1.34. The first-order valence-electron chi connectivity index (χ1n) is 7.58. The lowest BCUT2D eigenvalue weighted by molar-refractivity contribution is -0.137. The first kappa shape index (κ1) is 16.0. The SMILES string of the molecule is CN(CC1CC(O)C1)C(=O)N1CCN(CCC(=O)O)CC1. The summed E-state index contributed by atoms with van der Waals surface area (Å²) in [5.41, 5.74) is 0. The minimum absolute atomic E-state index is 0.0364. The third-order valence-electron chi connectivity index (χ3n) is 4.35. The largest absolute Gasteiger partial charge is 0.481 e. The van der Waals surface area contributed by atoms with Gasteiger partial charge in [0.05, 0.1) is 12.5 Å². The molecule has 0 unspecified atom stereocenters. The molecule has 0 radical (unpaired) electrons. The Kier molecular flexibility index (Phi) is 5.41. The molecule has 7 nitrogen and oxygen atoms in total. The number of amides is 2. The highest BCUT2D eigenvalue weighted by Gasteiger charge is 2.31. The van der Waals surface area contributed by atoms with Crippen molar-refractivity contribution >= 4 is 12.0 Å². The molecule has 0 aromatic carbocycles. The number of rotatable bonds is 5. The van der Waals surface area contributed by atoms with Gasteiger partial charge >= 0.3 is 12.0 Å². The van der Waals surface area contributed by atoms with E-state index in [0.717, 1.165) is 25.9 Å². The van der Waals surface area contributed by atoms with Crippen molar-refractivity contribution in [2.24, 2.45) is 5.92 Å². The van der Waals surface area contributed by atoms with Gasteiger partial charge in [-0.1, -0.05) is 0 Å². The molecule has 7 heteroatoms. The summed E-state index contributed by atoms with van der Waals surface area (Å²) in [6.45, 7) is 4.01. The molecule has 0 bridgehead atoms. The fourth-order valence-electron chi connectivity index (χ4n) is 2.97. The van der Waals surface area contributed by atoms with E-state index in [1.807, 2.05) is 11.9 Å². The van der Waals surface area contributed by atoms with Crippen molar-refractivity contribution in [2.45, 2.75) is 25.4 Å². The number of carbonyl (C=O) groups excluding carboxylic acids is 1. The first-order chi connectivity index (χ1) is 9.95. The van der Waals surface area contributed by atoms with Crippen LogP contribution in [0.25, 0.3) is 0 Å². The third-order valence-corrected chi connectivity index (χ3v) is 4.35. The van der Waals surface area contributed by atoms with Crippen molar-refractivity contribution < 1.29 is 19.8 Å². The van der Waals surface area contributed by atoms with Gasteiger partial charge in [0.1, 0.15) is 0 Å². The number of aliphatic hydroxyl groups is 1. The van der Waals surface area contributed by atoms with E-state index in [1.54, 1.807) is 4.90 Å². The molecule has 21 heavy (non-hydrogen) atoms. The molecule has 120 valence electrons. The predicted molar refractivity (Wildman–Crippen MR) is 77.0 cm³/mol. The zero-order valence-corrected chi connectivity index (χ0v) is 12.6. The van der Waals surface area contributed by atoms with Crippen molar-refractivity contribution in [3.05, 3.63) is 0 Å². The lowest BCUT2D eigenvalue weighted by atomic mass is 9.82. The molecule has 1 saturated heterocycles. The minimum Gasteiger partial charge on any atom is -0.481 e. The summed E-state index contributed by atoms with van der Waals surface area (Å²) >= 11 is 0. The van der Waals surface area contributed by atoms with E-state index in [-0.39, 0.29) is 18.6 Å². The van der Waals surface area contributed by atoms with E-state index >= 15 is 0 Å². The van der Waals surface area contributed by atoms with Crippen LogP contribution in [0.5, 0.6) is 0 Å². The summed E-state index contributed by atoms with van der Waals surface area (Å²) in [6.07, 6.45) is 1.55. The van der Waals surface area contributed by atoms with Gasteiger partial charge in [-0.3, -0.25) is 9.69 Å². The van der Waals surface area contributed by atoms with Crippen molar-refractivity contribution in [1.29, 1.82) is 0 Å². The second-order valence-electron chi connectivity index (χ2n) is 6.13. The monoisotopic (exact) mass is 299 g/mol. The summed E-state index contributed by atoms with van der Waals surface area (Å²) in [6, 6.07) is 0.0364. The maximum absolute atomic E-state index is 12.3. The van der Waals surface area contributed by atoms with Gasteiger partial charge in [0.2, 0.25) is 0 Å². The molecule has 1 heterocycles. The van der Waals surface area contributed by atoms with Crippen LogP contribution in [0.1, 0.15) is 19.3 Å². The van der Waals surface area contributed by atoms with Gasteiger partial charge in [0.25, 0.3) is 0 Å². The van der Waals surface area contributed by atoms with E-state index in [4.69, 9.17) is 5.11 Å². The van der Waals surface area contributed by atoms with Crippen LogP contribution >= 0.6 is 0 Å². The third kappa shape index (κ3) is 4.57. The Bertz CT molecular complexity index is 376. The Labute approximate surface area is 125 Å². The van der Waals surface area contributed by atoms with Gasteiger partial charge in [0, 0.05) is 46.3 Å². The molecule has 0 spiro atoms. The first-order valence-corrected chi connectivity index (χ1v) is 7.58. The number of hydrogen-bond acceptors (Lipinski definition) is 4. The number of urea groups is 1. The van der Waals surface area contributed by atoms with E-state index in [0.29, 0.717) is 32.1 Å². The highest BCUT2D eigenvalue weighted by Crippen LogP contribution is 2.27. The summed E-state index contributed by atoms with van der Waals surface area (Å²) < 4.78 is 0. The maximum atomic E-state index is 12.3. The van der Waals surface area contributed by atoms with Crippen LogP contribution in [-0.4, -0.2) is 89.3 Å². The number of nitrogens with zero attached hydrogens (tertiary/aromatic N) is 3. The second-order valence-corrected chi connectivity index (χ2v) is 6.13. The Morgan fingerprint density at radius 3 is 2.33 bits per heavy atom. The smallest absolute Gasteiger partial charge is 0.319 e. The van der Waals surface area contributed by atoms with Crippen LogP contribution in [0.2, 0.25) is 0 Å². The van der Waals surface area contributed by atoms with Gasteiger partial charge in [-0.05, 0) is 18.8 Å². The van der Waals surface area contributed by atoms with Gasteiger partial charge in [-0.25, -0.2) is 4.79 Å². The minimum atomic E-state index is -0.782. The number of carboxylic acid groups (broad SMARTS) is 1. The zero-order chi connectivity index (χ0) is 15.4. The average Bonchev–Trinajstić information content (AvgIpc) is 2.43. The molecule has 0 atom stereocenters. The number of carboxylic acids is 1. The molecule has 2 fully saturated rings. The molecule has 1 aliphatic heterocycles. The molecular formula is C14H25N3O4. The normalized spacial score (nSPS) is 26.3. The number of piperazine rings is 1. The Morgan fingerprint density at radius 1 is 1.19 bits per heavy atom. The zero-order valence-electron chi connectivity index (χ0n) is 12.6. The molecule has 1 aliphatic carbocycles. The second kappa shape index (κ2) is 7.09. The van der Waals surface area contributed by atoms with Crippen molar-refractivity contribution in [2.75, 3.05) is 46.3 Å². The molecule has 2 rings (SSSR count). The molecular weight excluding hydrogens is 274 g/mol. The van der Waals surface area contributed by atoms with E-state index in [9.17, 15) is 14.7 Å². The van der Waals surface area contributed by atoms with Gasteiger partial charge in [0.15, 0.2) is 0 Å². The average molecular weight is 299 g/mol. The van der Waals surface area contributed by atoms with Crippen LogP contribution in [0.15, 0.2) is 0 Å². The summed E-state index contributed by atoms with van der Waals surface area (Å²) in [5, 5.41) is 17.9. The van der Waals surface area contributed by atoms with E-state index in [1.165, 1.54) is 0 Å². The Balaban J connectivity index is 1.68. The van der Waals surface area contributed by atoms with Gasteiger partial charge in [-0.2, -0.15) is 0 Å². The number of carbonyl (C=O) groups is 2. The van der Waals surface area contributed by atoms with Crippen molar-refractivity contribution in [3.8, 4) is 0 Å². The summed E-state index contributed by atoms with van der Waals surface area (Å²) in [4.78, 5) is 28.5. The van der Waals surface area contributed by atoms with Crippen LogP contribution < -0.4 is 0 Å². The van der Waals surface area contributed by atoms with Gasteiger partial charge < -0.3 is 20.0 Å². The molecule has 2 N–H and O–H groups in total. The fourth-order valence-corrected chi connectivity index (χ4v) is 2.97. The maximum Gasteiger partial charge on any atom is 0.319 e. The summed E-state index contributed by atoms with van der Waals surface area (Å²) in [7, 11) is 1.81. The van der Waals surface area contributed by atoms with Crippen LogP contribution in [0.4, 0.5) is 4.79 Å². The number of aliphatic hydroxyl groups excluding tert-OH is 1. The molecule has 0 aromatic rings. The standard InChI is InChI=1S/C14H25N3O4/c1-15(10-11-8-12(18)9-11)14(21)17-6-4-16(5-7-17)3-2-13(19)20/h11-12,18H,2-10H2,1H3,(H,19,20). The van der Waals surface area contributed by atoms with Crippen LogP contribution in [0, 0.1) is 5.92 Å². The van der Waals surface area contributed by atoms with Gasteiger partial charge in [-0.15, -0.1) is 0 Å². The highest BCUT2D eigenvalue weighted by molar-refractivity contribution is 5.74. The molecule has 1 saturated carbocycles. The fraction of sp³-hybridized carbons (Fsp3) is 0.857. The highest BCUT2D eigenvalue weighted by atomic mass is 16.4. The summed E-state index contributed by atoms with van der Waals surface area (Å²) in [5.74, 6) is -0.360.